The third kappa shape index (κ3) is 7.13. The average molecular weight is 497 g/mol. The van der Waals surface area contributed by atoms with E-state index in [1.54, 1.807) is 12.1 Å². The van der Waals surface area contributed by atoms with Crippen molar-refractivity contribution < 1.29 is 28.9 Å². The van der Waals surface area contributed by atoms with Gasteiger partial charge in [-0.2, -0.15) is 0 Å². The van der Waals surface area contributed by atoms with Gasteiger partial charge >= 0.3 is 5.97 Å². The van der Waals surface area contributed by atoms with Gasteiger partial charge in [-0.15, -0.1) is 0 Å². The Morgan fingerprint density at radius 2 is 1.69 bits per heavy atom. The number of anilines is 1. The lowest BCUT2D eigenvalue weighted by atomic mass is 9.99. The summed E-state index contributed by atoms with van der Waals surface area (Å²) in [4.78, 5) is 25.8. The maximum Gasteiger partial charge on any atom is 0.303 e. The van der Waals surface area contributed by atoms with Gasteiger partial charge in [0.15, 0.2) is 12.4 Å². The molecule has 2 fully saturated rings. The molecule has 8 nitrogen and oxygen atoms in total. The van der Waals surface area contributed by atoms with E-state index < -0.39 is 24.3 Å². The number of amides is 1. The molecular formula is C28H36N2O6. The number of likely N-dealkylation sites (tertiary alicyclic amines) is 1. The first-order valence-electron chi connectivity index (χ1n) is 12.7. The molecule has 2 N–H and O–H groups in total. The molecule has 0 bridgehead atoms. The molecule has 1 amide bonds. The van der Waals surface area contributed by atoms with E-state index in [0.717, 1.165) is 42.7 Å². The Balaban J connectivity index is 1.46. The van der Waals surface area contributed by atoms with Crippen LogP contribution in [0, 0.1) is 0 Å². The Kier molecular flexibility index (Phi) is 9.09. The number of carbonyl (C=O) groups is 2. The maximum atomic E-state index is 12.3. The highest BCUT2D eigenvalue weighted by molar-refractivity contribution is 5.94. The smallest absolute Gasteiger partial charge is 0.303 e. The van der Waals surface area contributed by atoms with Crippen molar-refractivity contribution in [2.75, 3.05) is 25.0 Å². The fraction of sp³-hybridized carbons (Fsp3) is 0.500. The summed E-state index contributed by atoms with van der Waals surface area (Å²) in [6.07, 6.45) is 2.97. The van der Waals surface area contributed by atoms with E-state index in [0.29, 0.717) is 5.69 Å². The zero-order valence-corrected chi connectivity index (χ0v) is 21.0. The summed E-state index contributed by atoms with van der Waals surface area (Å²) in [5.41, 5.74) is 3.39. The number of nitrogens with one attached hydrogen (secondary N) is 1. The van der Waals surface area contributed by atoms with Gasteiger partial charge in [0.25, 0.3) is 5.91 Å². The molecule has 8 heteroatoms. The zero-order valence-electron chi connectivity index (χ0n) is 21.0. The summed E-state index contributed by atoms with van der Waals surface area (Å²) in [7, 11) is 0. The van der Waals surface area contributed by atoms with Crippen molar-refractivity contribution in [3.63, 3.8) is 0 Å². The highest BCUT2D eigenvalue weighted by atomic mass is 16.7. The molecule has 0 saturated carbocycles. The number of aliphatic hydroxyl groups is 1. The highest BCUT2D eigenvalue weighted by Crippen LogP contribution is 2.38. The number of piperidine rings is 1. The van der Waals surface area contributed by atoms with Crippen molar-refractivity contribution in [3.05, 3.63) is 65.2 Å². The topological polar surface area (TPSA) is 97.3 Å². The van der Waals surface area contributed by atoms with Crippen LogP contribution in [-0.2, 0) is 30.4 Å². The second kappa shape index (κ2) is 12.5. The highest BCUT2D eigenvalue weighted by Gasteiger charge is 2.33. The van der Waals surface area contributed by atoms with Gasteiger partial charge in [-0.25, -0.2) is 0 Å². The van der Waals surface area contributed by atoms with Gasteiger partial charge in [0, 0.05) is 31.1 Å². The second-order valence-corrected chi connectivity index (χ2v) is 9.57. The summed E-state index contributed by atoms with van der Waals surface area (Å²) in [5, 5.41) is 12.2. The minimum Gasteiger partial charge on any atom is -0.453 e. The van der Waals surface area contributed by atoms with Crippen molar-refractivity contribution in [3.8, 4) is 0 Å². The zero-order chi connectivity index (χ0) is 25.5. The first-order valence-corrected chi connectivity index (χ1v) is 12.7. The third-order valence-electron chi connectivity index (χ3n) is 6.69. The van der Waals surface area contributed by atoms with Crippen LogP contribution in [0.15, 0.2) is 48.5 Å². The first kappa shape index (κ1) is 26.3. The van der Waals surface area contributed by atoms with E-state index in [1.165, 1.54) is 33.1 Å². The van der Waals surface area contributed by atoms with Crippen LogP contribution in [-0.4, -0.2) is 53.7 Å². The van der Waals surface area contributed by atoms with E-state index in [2.05, 4.69) is 10.2 Å². The summed E-state index contributed by atoms with van der Waals surface area (Å²) >= 11 is 0. The SMILES string of the molecule is CC(=O)O[C@@H](C)C(=O)Nc1ccc([C@H]2O[C@@H](CN3CCCCC3)C[C@@H](c3ccc(CO)cc3)O2)cc1. The Labute approximate surface area is 212 Å². The van der Waals surface area contributed by atoms with Crippen molar-refractivity contribution in [1.29, 1.82) is 0 Å². The summed E-state index contributed by atoms with van der Waals surface area (Å²) in [5.74, 6) is -0.893. The number of aliphatic hydroxyl groups excluding tert-OH is 1. The van der Waals surface area contributed by atoms with Crippen LogP contribution in [0.2, 0.25) is 0 Å². The van der Waals surface area contributed by atoms with E-state index in [-0.39, 0.29) is 18.8 Å². The van der Waals surface area contributed by atoms with E-state index in [1.807, 2.05) is 36.4 Å². The maximum absolute atomic E-state index is 12.3. The number of esters is 1. The largest absolute Gasteiger partial charge is 0.453 e. The quantitative estimate of drug-likeness (QED) is 0.531. The monoisotopic (exact) mass is 496 g/mol. The molecular weight excluding hydrogens is 460 g/mol. The van der Waals surface area contributed by atoms with Crippen molar-refractivity contribution in [2.45, 2.75) is 70.7 Å². The molecule has 194 valence electrons. The molecule has 0 aliphatic carbocycles. The molecule has 0 unspecified atom stereocenters. The number of rotatable bonds is 8. The molecule has 2 aliphatic rings. The molecule has 4 rings (SSSR count). The van der Waals surface area contributed by atoms with Crippen LogP contribution in [0.4, 0.5) is 5.69 Å². The predicted octanol–water partition coefficient (Wildman–Crippen LogP) is 4.10. The molecule has 0 spiro atoms. The molecule has 2 aliphatic heterocycles. The normalized spacial score (nSPS) is 23.6. The van der Waals surface area contributed by atoms with E-state index >= 15 is 0 Å². The van der Waals surface area contributed by atoms with Crippen LogP contribution < -0.4 is 5.32 Å². The minimum atomic E-state index is -0.874. The number of nitrogens with zero attached hydrogens (tertiary/aromatic N) is 1. The molecule has 0 aromatic heterocycles. The van der Waals surface area contributed by atoms with Gasteiger partial charge in [0.05, 0.1) is 18.8 Å². The summed E-state index contributed by atoms with van der Waals surface area (Å²) in [6.45, 7) is 5.88. The number of hydrogen-bond donors (Lipinski definition) is 2. The van der Waals surface area contributed by atoms with Crippen molar-refractivity contribution >= 4 is 17.6 Å². The predicted molar refractivity (Wildman–Crippen MR) is 135 cm³/mol. The second-order valence-electron chi connectivity index (χ2n) is 9.57. The summed E-state index contributed by atoms with van der Waals surface area (Å²) in [6, 6.07) is 15.2. The molecule has 4 atom stereocenters. The molecule has 0 radical (unpaired) electrons. The van der Waals surface area contributed by atoms with Crippen LogP contribution >= 0.6 is 0 Å². The molecule has 2 aromatic carbocycles. The van der Waals surface area contributed by atoms with Gasteiger partial charge < -0.3 is 29.5 Å². The number of carbonyl (C=O) groups excluding carboxylic acids is 2. The molecule has 2 aromatic rings. The fourth-order valence-electron chi connectivity index (χ4n) is 4.73. The molecule has 2 saturated heterocycles. The Bertz CT molecular complexity index is 1000. The van der Waals surface area contributed by atoms with Crippen LogP contribution in [0.5, 0.6) is 0 Å². The standard InChI is InChI=1S/C28H36N2O6/c1-19(34-20(2)32)27(33)29-24-12-10-23(11-13-24)28-35-25(17-30-14-4-3-5-15-30)16-26(36-28)22-8-6-21(18-31)7-9-22/h6-13,19,25-26,28,31H,3-5,14-18H2,1-2H3,(H,29,33)/t19-,25+,26-,28-/m0/s1. The Hall–Kier alpha value is -2.78. The first-order chi connectivity index (χ1) is 17.4. The lowest BCUT2D eigenvalue weighted by Gasteiger charge is -2.39. The minimum absolute atomic E-state index is 0.0116. The van der Waals surface area contributed by atoms with Crippen molar-refractivity contribution in [2.24, 2.45) is 0 Å². The third-order valence-corrected chi connectivity index (χ3v) is 6.69. The Morgan fingerprint density at radius 1 is 1.03 bits per heavy atom. The van der Waals surface area contributed by atoms with Gasteiger partial charge in [-0.05, 0) is 56.1 Å². The summed E-state index contributed by atoms with van der Waals surface area (Å²) < 4.78 is 17.8. The number of benzene rings is 2. The van der Waals surface area contributed by atoms with Crippen LogP contribution in [0.3, 0.4) is 0 Å². The molecule has 36 heavy (non-hydrogen) atoms. The molecule has 2 heterocycles. The van der Waals surface area contributed by atoms with Gasteiger partial charge in [-0.1, -0.05) is 42.8 Å². The van der Waals surface area contributed by atoms with Gasteiger partial charge in [-0.3, -0.25) is 9.59 Å². The van der Waals surface area contributed by atoms with Gasteiger partial charge in [0.1, 0.15) is 0 Å². The Morgan fingerprint density at radius 3 is 2.33 bits per heavy atom. The van der Waals surface area contributed by atoms with E-state index in [9.17, 15) is 14.7 Å². The van der Waals surface area contributed by atoms with E-state index in [4.69, 9.17) is 14.2 Å². The van der Waals surface area contributed by atoms with Crippen molar-refractivity contribution in [1.82, 2.24) is 4.90 Å². The van der Waals surface area contributed by atoms with Crippen LogP contribution in [0.25, 0.3) is 0 Å². The number of hydrogen-bond acceptors (Lipinski definition) is 7. The lowest BCUT2D eigenvalue weighted by Crippen LogP contribution is -2.41. The fourth-order valence-corrected chi connectivity index (χ4v) is 4.73. The lowest BCUT2D eigenvalue weighted by molar-refractivity contribution is -0.253. The van der Waals surface area contributed by atoms with Gasteiger partial charge in [0.2, 0.25) is 0 Å². The number of ether oxygens (including phenoxy) is 3. The average Bonchev–Trinajstić information content (AvgIpc) is 2.89. The van der Waals surface area contributed by atoms with Crippen LogP contribution in [0.1, 0.15) is 68.6 Å².